The van der Waals surface area contributed by atoms with Gasteiger partial charge >= 0.3 is 5.97 Å². The van der Waals surface area contributed by atoms with Crippen molar-refractivity contribution in [1.29, 1.82) is 0 Å². The van der Waals surface area contributed by atoms with Crippen molar-refractivity contribution < 1.29 is 9.63 Å². The fraction of sp³-hybridized carbons (Fsp3) is 0.286. The van der Waals surface area contributed by atoms with Gasteiger partial charge in [0.05, 0.1) is 5.69 Å². The average molecular weight is 277 g/mol. The molecule has 0 spiro atoms. The molecule has 5 heteroatoms. The molecule has 1 heterocycles. The molecule has 3 rings (SSSR count). The lowest BCUT2D eigenvalue weighted by molar-refractivity contribution is -0.140. The van der Waals surface area contributed by atoms with Crippen LogP contribution in [0.5, 0.6) is 0 Å². The van der Waals surface area contributed by atoms with Crippen LogP contribution in [0, 0.1) is 0 Å². The number of carbonyl (C=O) groups excluding carboxylic acids is 1. The zero-order chi connectivity index (χ0) is 13.4. The summed E-state index contributed by atoms with van der Waals surface area (Å²) in [7, 11) is 2.01. The van der Waals surface area contributed by atoms with Crippen molar-refractivity contribution in [3.05, 3.63) is 35.5 Å². The van der Waals surface area contributed by atoms with Crippen LogP contribution < -0.4 is 0 Å². The van der Waals surface area contributed by atoms with Crippen LogP contribution in [0.3, 0.4) is 0 Å². The van der Waals surface area contributed by atoms with E-state index in [1.165, 1.54) is 16.5 Å². The van der Waals surface area contributed by atoms with E-state index in [4.69, 9.17) is 16.4 Å². The van der Waals surface area contributed by atoms with E-state index < -0.39 is 5.97 Å². The maximum Gasteiger partial charge on any atom is 0.349 e. The predicted molar refractivity (Wildman–Crippen MR) is 74.6 cm³/mol. The van der Waals surface area contributed by atoms with E-state index in [1.807, 2.05) is 19.2 Å². The Bertz CT molecular complexity index is 688. The number of para-hydroxylation sites is 1. The minimum absolute atomic E-state index is 0.182. The summed E-state index contributed by atoms with van der Waals surface area (Å²) in [4.78, 5) is 15.9. The molecule has 0 atom stereocenters. The molecule has 1 aromatic heterocycles. The van der Waals surface area contributed by atoms with E-state index in [9.17, 15) is 4.79 Å². The van der Waals surface area contributed by atoms with Crippen molar-refractivity contribution >= 4 is 34.2 Å². The predicted octanol–water partition coefficient (Wildman–Crippen LogP) is 2.61. The van der Waals surface area contributed by atoms with E-state index in [-0.39, 0.29) is 5.88 Å². The van der Waals surface area contributed by atoms with Crippen LogP contribution in [0.25, 0.3) is 10.9 Å². The Balaban J connectivity index is 2.07. The Labute approximate surface area is 115 Å². The number of fused-ring (bicyclic) bond motifs is 3. The highest BCUT2D eigenvalue weighted by Crippen LogP contribution is 2.32. The Morgan fingerprint density at radius 1 is 1.42 bits per heavy atom. The molecule has 2 aromatic rings. The van der Waals surface area contributed by atoms with E-state index in [1.54, 1.807) is 0 Å². The lowest BCUT2D eigenvalue weighted by atomic mass is 10.1. The van der Waals surface area contributed by atoms with Crippen molar-refractivity contribution in [1.82, 2.24) is 4.57 Å². The highest BCUT2D eigenvalue weighted by atomic mass is 35.5. The van der Waals surface area contributed by atoms with Gasteiger partial charge in [-0.15, -0.1) is 11.6 Å². The second kappa shape index (κ2) is 4.70. The first-order valence-electron chi connectivity index (χ1n) is 6.11. The summed E-state index contributed by atoms with van der Waals surface area (Å²) < 4.78 is 2.10. The Hall–Kier alpha value is -1.81. The maximum atomic E-state index is 11.1. The summed E-state index contributed by atoms with van der Waals surface area (Å²) in [5.41, 5.74) is 4.32. The van der Waals surface area contributed by atoms with Gasteiger partial charge in [0.1, 0.15) is 11.6 Å². The first-order valence-corrected chi connectivity index (χ1v) is 6.65. The number of hydrogen-bond acceptors (Lipinski definition) is 3. The van der Waals surface area contributed by atoms with Gasteiger partial charge in [0.2, 0.25) is 0 Å². The minimum Gasteiger partial charge on any atom is -0.342 e. The zero-order valence-electron chi connectivity index (χ0n) is 10.5. The molecule has 1 aliphatic rings. The zero-order valence-corrected chi connectivity index (χ0v) is 11.3. The lowest BCUT2D eigenvalue weighted by Gasteiger charge is -2.03. The molecule has 0 N–H and O–H groups in total. The number of hydrogen-bond donors (Lipinski definition) is 0. The lowest BCUT2D eigenvalue weighted by Crippen LogP contribution is -2.07. The third kappa shape index (κ3) is 1.92. The Kier molecular flexibility index (Phi) is 3.03. The first kappa shape index (κ1) is 12.2. The summed E-state index contributed by atoms with van der Waals surface area (Å²) in [6.45, 7) is 0. The molecule has 1 aliphatic carbocycles. The molecule has 0 bridgehead atoms. The number of carbonyl (C=O) groups is 1. The van der Waals surface area contributed by atoms with Gasteiger partial charge in [0.25, 0.3) is 0 Å². The third-order valence-corrected chi connectivity index (χ3v) is 3.68. The highest BCUT2D eigenvalue weighted by molar-refractivity contribution is 6.26. The standard InChI is InChI=1S/C14H13ClN2O2/c1-17-12-5-3-2-4-9(12)10-6-7-11(14(10)17)16-19-13(18)8-15/h2-5H,6-8H2,1H3. The number of nitrogens with zero attached hydrogens (tertiary/aromatic N) is 2. The van der Waals surface area contributed by atoms with Crippen molar-refractivity contribution in [2.24, 2.45) is 12.2 Å². The summed E-state index contributed by atoms with van der Waals surface area (Å²) in [6, 6.07) is 8.24. The van der Waals surface area contributed by atoms with Gasteiger partial charge in [0.15, 0.2) is 0 Å². The van der Waals surface area contributed by atoms with E-state index in [2.05, 4.69) is 21.9 Å². The van der Waals surface area contributed by atoms with E-state index >= 15 is 0 Å². The van der Waals surface area contributed by atoms with Gasteiger partial charge < -0.3 is 9.40 Å². The van der Waals surface area contributed by atoms with Gasteiger partial charge in [-0.25, -0.2) is 4.79 Å². The van der Waals surface area contributed by atoms with Gasteiger partial charge in [-0.05, 0) is 24.5 Å². The number of oxime groups is 1. The molecule has 0 saturated heterocycles. The maximum absolute atomic E-state index is 11.1. The number of benzene rings is 1. The van der Waals surface area contributed by atoms with Crippen LogP contribution >= 0.6 is 11.6 Å². The van der Waals surface area contributed by atoms with Crippen molar-refractivity contribution in [2.45, 2.75) is 12.8 Å². The molecular formula is C14H13ClN2O2. The molecule has 0 unspecified atom stereocenters. The summed E-state index contributed by atoms with van der Waals surface area (Å²) in [5, 5.41) is 5.20. The summed E-state index contributed by atoms with van der Waals surface area (Å²) >= 11 is 5.38. The molecule has 19 heavy (non-hydrogen) atoms. The fourth-order valence-electron chi connectivity index (χ4n) is 2.67. The molecule has 98 valence electrons. The second-order valence-corrected chi connectivity index (χ2v) is 4.81. The normalized spacial score (nSPS) is 16.0. The summed E-state index contributed by atoms with van der Waals surface area (Å²) in [5.74, 6) is -0.708. The molecule has 1 aromatic carbocycles. The number of aromatic nitrogens is 1. The second-order valence-electron chi connectivity index (χ2n) is 4.54. The van der Waals surface area contributed by atoms with E-state index in [0.29, 0.717) is 0 Å². The molecule has 0 radical (unpaired) electrons. The molecule has 0 fully saturated rings. The smallest absolute Gasteiger partial charge is 0.342 e. The van der Waals surface area contributed by atoms with Crippen LogP contribution in [-0.4, -0.2) is 22.1 Å². The van der Waals surface area contributed by atoms with Crippen molar-refractivity contribution in [2.75, 3.05) is 5.88 Å². The van der Waals surface area contributed by atoms with Gasteiger partial charge in [0, 0.05) is 18.0 Å². The van der Waals surface area contributed by atoms with Crippen molar-refractivity contribution in [3.8, 4) is 0 Å². The summed E-state index contributed by atoms with van der Waals surface area (Å²) in [6.07, 6.45) is 1.72. The Morgan fingerprint density at radius 2 is 2.21 bits per heavy atom. The SMILES string of the molecule is Cn1c2c(c3ccccc31)CCC2=NOC(=O)CCl. The molecule has 4 nitrogen and oxygen atoms in total. The Morgan fingerprint density at radius 3 is 3.00 bits per heavy atom. The monoisotopic (exact) mass is 276 g/mol. The molecule has 0 saturated carbocycles. The number of alkyl halides is 1. The van der Waals surface area contributed by atoms with E-state index in [0.717, 1.165) is 24.2 Å². The number of rotatable bonds is 2. The van der Waals surface area contributed by atoms with Crippen LogP contribution in [0.2, 0.25) is 0 Å². The third-order valence-electron chi connectivity index (χ3n) is 3.46. The first-order chi connectivity index (χ1) is 9.22. The fourth-order valence-corrected chi connectivity index (χ4v) is 2.72. The molecule has 0 amide bonds. The van der Waals surface area contributed by atoms with Crippen LogP contribution in [-0.2, 0) is 23.1 Å². The quantitative estimate of drug-likeness (QED) is 0.481. The largest absolute Gasteiger partial charge is 0.349 e. The number of halogens is 1. The minimum atomic E-state index is -0.526. The van der Waals surface area contributed by atoms with Gasteiger partial charge in [-0.2, -0.15) is 0 Å². The number of aryl methyl sites for hydroxylation is 2. The van der Waals surface area contributed by atoms with Gasteiger partial charge in [-0.3, -0.25) is 0 Å². The van der Waals surface area contributed by atoms with Crippen LogP contribution in [0.4, 0.5) is 0 Å². The topological polar surface area (TPSA) is 43.6 Å². The highest BCUT2D eigenvalue weighted by Gasteiger charge is 2.25. The van der Waals surface area contributed by atoms with Crippen molar-refractivity contribution in [3.63, 3.8) is 0 Å². The molecule has 0 aliphatic heterocycles. The van der Waals surface area contributed by atoms with Crippen LogP contribution in [0.1, 0.15) is 17.7 Å². The van der Waals surface area contributed by atoms with Crippen LogP contribution in [0.15, 0.2) is 29.4 Å². The molecular weight excluding hydrogens is 264 g/mol. The average Bonchev–Trinajstić information content (AvgIpc) is 2.98. The van der Waals surface area contributed by atoms with Gasteiger partial charge in [-0.1, -0.05) is 23.4 Å².